The van der Waals surface area contributed by atoms with Crippen LogP contribution in [0.4, 0.5) is 0 Å². The number of aryl methyl sites for hydroxylation is 1. The molecule has 3 aliphatic rings. The molecular formula is C38H38N6O4. The minimum atomic E-state index is -0.320. The Labute approximate surface area is 278 Å². The number of nitrogens with one attached hydrogen (secondary N) is 2. The topological polar surface area (TPSA) is 116 Å². The number of hydrogen-bond donors (Lipinski definition) is 2. The van der Waals surface area contributed by atoms with Gasteiger partial charge in [-0.2, -0.15) is 0 Å². The number of benzene rings is 3. The minimum Gasteiger partial charge on any atom is -0.496 e. The fourth-order valence-corrected chi connectivity index (χ4v) is 7.38. The van der Waals surface area contributed by atoms with Gasteiger partial charge in [-0.05, 0) is 94.0 Å². The highest BCUT2D eigenvalue weighted by Crippen LogP contribution is 2.35. The number of carbonyl (C=O) groups is 2. The lowest BCUT2D eigenvalue weighted by atomic mass is 10.1. The standard InChI is InChI=1S/C38H38N6O4/c1-23-9-16-33(47-2)26(20-23)37(45)43-17-3-6-31(43)35-39-27-14-12-24(21-29(27)41-35)10-11-25-13-15-28-30(22-25)42-36(40-28)32-7-4-18-44(32)38(46)34-8-5-19-48-34/h9,12-16,20-22,31-32,34H,3-8,17-19H2,1-2H3,(H,39,41)(H,40,42)/t31-,32-,34+/m0/s1. The number of fused-ring (bicyclic) bond motifs is 2. The Bertz CT molecular complexity index is 2100. The number of imidazole rings is 2. The van der Waals surface area contributed by atoms with Crippen molar-refractivity contribution >= 4 is 33.9 Å². The summed E-state index contributed by atoms with van der Waals surface area (Å²) in [6.07, 6.45) is 5.01. The van der Waals surface area contributed by atoms with Crippen LogP contribution in [0.3, 0.4) is 0 Å². The summed E-state index contributed by atoms with van der Waals surface area (Å²) in [5, 5.41) is 0. The molecule has 3 aliphatic heterocycles. The monoisotopic (exact) mass is 642 g/mol. The van der Waals surface area contributed by atoms with Crippen LogP contribution in [0.15, 0.2) is 54.6 Å². The van der Waals surface area contributed by atoms with Crippen molar-refractivity contribution in [2.45, 2.75) is 63.6 Å². The van der Waals surface area contributed by atoms with E-state index < -0.39 is 0 Å². The minimum absolute atomic E-state index is 0.0428. The normalized spacial score (nSPS) is 20.8. The zero-order valence-electron chi connectivity index (χ0n) is 27.2. The number of ether oxygens (including phenoxy) is 2. The van der Waals surface area contributed by atoms with E-state index in [1.807, 2.05) is 71.3 Å². The number of amides is 2. The Morgan fingerprint density at radius 2 is 1.52 bits per heavy atom. The Hall–Kier alpha value is -5.14. The predicted molar refractivity (Wildman–Crippen MR) is 182 cm³/mol. The summed E-state index contributed by atoms with van der Waals surface area (Å²) < 4.78 is 11.2. The molecule has 2 amide bonds. The number of rotatable bonds is 5. The molecule has 3 aromatic carbocycles. The molecule has 0 bridgehead atoms. The summed E-state index contributed by atoms with van der Waals surface area (Å²) in [6, 6.07) is 17.4. The van der Waals surface area contributed by atoms with E-state index in [1.54, 1.807) is 7.11 Å². The Balaban J connectivity index is 1.00. The molecule has 10 heteroatoms. The van der Waals surface area contributed by atoms with Crippen molar-refractivity contribution in [3.05, 3.63) is 88.5 Å². The second-order valence-corrected chi connectivity index (χ2v) is 13.0. The smallest absolute Gasteiger partial charge is 0.258 e. The zero-order chi connectivity index (χ0) is 32.8. The Kier molecular flexibility index (Phi) is 7.85. The first-order valence-corrected chi connectivity index (χ1v) is 16.8. The van der Waals surface area contributed by atoms with E-state index in [4.69, 9.17) is 19.4 Å². The number of methoxy groups -OCH3 is 1. The van der Waals surface area contributed by atoms with Gasteiger partial charge in [0.2, 0.25) is 0 Å². The van der Waals surface area contributed by atoms with Crippen LogP contribution in [0.2, 0.25) is 0 Å². The highest BCUT2D eigenvalue weighted by atomic mass is 16.5. The molecular weight excluding hydrogens is 604 g/mol. The van der Waals surface area contributed by atoms with Crippen molar-refractivity contribution in [3.63, 3.8) is 0 Å². The molecule has 2 aromatic heterocycles. The first kappa shape index (κ1) is 30.2. The van der Waals surface area contributed by atoms with Crippen LogP contribution in [0.5, 0.6) is 5.75 Å². The van der Waals surface area contributed by atoms with Gasteiger partial charge in [0, 0.05) is 30.8 Å². The van der Waals surface area contributed by atoms with Gasteiger partial charge in [0.1, 0.15) is 23.5 Å². The van der Waals surface area contributed by atoms with Gasteiger partial charge in [0.25, 0.3) is 11.8 Å². The average Bonchev–Trinajstić information content (AvgIpc) is 3.94. The molecule has 5 heterocycles. The summed E-state index contributed by atoms with van der Waals surface area (Å²) in [5.41, 5.74) is 6.80. The van der Waals surface area contributed by atoms with E-state index in [0.29, 0.717) is 24.5 Å². The van der Waals surface area contributed by atoms with Crippen LogP contribution in [-0.4, -0.2) is 74.5 Å². The number of carbonyl (C=O) groups excluding carboxylic acids is 2. The molecule has 3 fully saturated rings. The van der Waals surface area contributed by atoms with Gasteiger partial charge in [-0.15, -0.1) is 0 Å². The van der Waals surface area contributed by atoms with Crippen LogP contribution in [0, 0.1) is 18.8 Å². The van der Waals surface area contributed by atoms with Gasteiger partial charge < -0.3 is 29.2 Å². The first-order valence-electron chi connectivity index (χ1n) is 16.8. The fraction of sp³-hybridized carbons (Fsp3) is 0.368. The van der Waals surface area contributed by atoms with E-state index in [2.05, 4.69) is 21.8 Å². The quantitative estimate of drug-likeness (QED) is 0.228. The number of nitrogens with zero attached hydrogens (tertiary/aromatic N) is 4. The van der Waals surface area contributed by atoms with Crippen LogP contribution >= 0.6 is 0 Å². The fourth-order valence-electron chi connectivity index (χ4n) is 7.38. The number of H-pyrrole nitrogens is 2. The van der Waals surface area contributed by atoms with E-state index in [1.165, 1.54) is 0 Å². The van der Waals surface area contributed by atoms with Crippen LogP contribution in [0.25, 0.3) is 22.1 Å². The highest BCUT2D eigenvalue weighted by Gasteiger charge is 2.37. The van der Waals surface area contributed by atoms with Gasteiger partial charge >= 0.3 is 0 Å². The van der Waals surface area contributed by atoms with Crippen molar-refractivity contribution in [1.29, 1.82) is 0 Å². The molecule has 0 saturated carbocycles. The molecule has 5 aromatic rings. The summed E-state index contributed by atoms with van der Waals surface area (Å²) in [6.45, 7) is 4.04. The third kappa shape index (κ3) is 5.58. The van der Waals surface area contributed by atoms with E-state index in [0.717, 1.165) is 95.5 Å². The maximum atomic E-state index is 13.7. The molecule has 0 aliphatic carbocycles. The van der Waals surface area contributed by atoms with Gasteiger partial charge in [-0.1, -0.05) is 23.5 Å². The van der Waals surface area contributed by atoms with Gasteiger partial charge in [0.15, 0.2) is 0 Å². The number of likely N-dealkylation sites (tertiary alicyclic amines) is 2. The summed E-state index contributed by atoms with van der Waals surface area (Å²) in [7, 11) is 1.59. The summed E-state index contributed by atoms with van der Waals surface area (Å²) in [5.74, 6) is 8.82. The third-order valence-electron chi connectivity index (χ3n) is 9.82. The Morgan fingerprint density at radius 3 is 2.29 bits per heavy atom. The third-order valence-corrected chi connectivity index (χ3v) is 9.82. The van der Waals surface area contributed by atoms with E-state index in [9.17, 15) is 9.59 Å². The predicted octanol–water partition coefficient (Wildman–Crippen LogP) is 5.98. The van der Waals surface area contributed by atoms with E-state index >= 15 is 0 Å². The van der Waals surface area contributed by atoms with Crippen molar-refractivity contribution in [3.8, 4) is 17.6 Å². The molecule has 10 nitrogen and oxygen atoms in total. The zero-order valence-corrected chi connectivity index (χ0v) is 27.2. The van der Waals surface area contributed by atoms with Crippen molar-refractivity contribution in [2.75, 3.05) is 26.8 Å². The lowest BCUT2D eigenvalue weighted by molar-refractivity contribution is -0.142. The molecule has 48 heavy (non-hydrogen) atoms. The number of aromatic amines is 2. The van der Waals surface area contributed by atoms with E-state index in [-0.39, 0.29) is 30.0 Å². The van der Waals surface area contributed by atoms with Gasteiger partial charge in [-0.3, -0.25) is 9.59 Å². The van der Waals surface area contributed by atoms with Gasteiger partial charge in [-0.25, -0.2) is 9.97 Å². The Morgan fingerprint density at radius 1 is 0.812 bits per heavy atom. The van der Waals surface area contributed by atoms with Gasteiger partial charge in [0.05, 0.1) is 46.8 Å². The van der Waals surface area contributed by atoms with Crippen molar-refractivity contribution in [2.24, 2.45) is 0 Å². The molecule has 8 rings (SSSR count). The van der Waals surface area contributed by atoms with Crippen LogP contribution < -0.4 is 4.74 Å². The van der Waals surface area contributed by atoms with Crippen molar-refractivity contribution in [1.82, 2.24) is 29.7 Å². The number of aromatic nitrogens is 4. The summed E-state index contributed by atoms with van der Waals surface area (Å²) >= 11 is 0. The first-order chi connectivity index (χ1) is 23.4. The maximum absolute atomic E-state index is 13.7. The molecule has 0 spiro atoms. The molecule has 0 unspecified atom stereocenters. The largest absolute Gasteiger partial charge is 0.496 e. The lowest BCUT2D eigenvalue weighted by Gasteiger charge is -2.25. The highest BCUT2D eigenvalue weighted by molar-refractivity contribution is 5.97. The second kappa shape index (κ2) is 12.5. The molecule has 3 atom stereocenters. The molecule has 3 saturated heterocycles. The lowest BCUT2D eigenvalue weighted by Crippen LogP contribution is -2.38. The maximum Gasteiger partial charge on any atom is 0.258 e. The molecule has 2 N–H and O–H groups in total. The SMILES string of the molecule is COc1ccc(C)cc1C(=O)N1CCC[C@H]1c1nc2ccc(C#Cc3ccc4[nH]c([C@@H]5CCCN5C(=O)[C@H]5CCCO5)nc4c3)cc2[nH]1. The van der Waals surface area contributed by atoms with Crippen LogP contribution in [-0.2, 0) is 9.53 Å². The van der Waals surface area contributed by atoms with Crippen molar-refractivity contribution < 1.29 is 19.1 Å². The molecule has 0 radical (unpaired) electrons. The van der Waals surface area contributed by atoms with Crippen LogP contribution in [0.1, 0.15) is 89.3 Å². The average molecular weight is 643 g/mol. The second-order valence-electron chi connectivity index (χ2n) is 13.0. The number of hydrogen-bond acceptors (Lipinski definition) is 6. The molecule has 244 valence electrons. The summed E-state index contributed by atoms with van der Waals surface area (Å²) in [4.78, 5) is 47.3.